The highest BCUT2D eigenvalue weighted by Gasteiger charge is 2.21. The molecule has 1 unspecified atom stereocenters. The molecular weight excluding hydrogens is 430 g/mol. The minimum Gasteiger partial charge on any atom is -0.479 e. The molecule has 2 N–H and O–H groups in total. The summed E-state index contributed by atoms with van der Waals surface area (Å²) in [5.74, 6) is 0.445. The normalized spacial score (nSPS) is 11.8. The lowest BCUT2D eigenvalue weighted by atomic mass is 10.1. The molecule has 5 aromatic rings. The predicted octanol–water partition coefficient (Wildman–Crippen LogP) is 5.92. The monoisotopic (exact) mass is 451 g/mol. The Balaban J connectivity index is 1.58. The molecule has 0 aliphatic carbocycles. The first-order chi connectivity index (χ1) is 16.6. The van der Waals surface area contributed by atoms with Gasteiger partial charge in [-0.3, -0.25) is 0 Å². The number of aromatic nitrogens is 3. The van der Waals surface area contributed by atoms with Gasteiger partial charge in [-0.25, -0.2) is 14.8 Å². The van der Waals surface area contributed by atoms with E-state index in [1.54, 1.807) is 18.2 Å². The van der Waals surface area contributed by atoms with Crippen LogP contribution < -0.4 is 4.74 Å². The number of ether oxygens (including phenoxy) is 1. The molecule has 7 heteroatoms. The lowest BCUT2D eigenvalue weighted by Crippen LogP contribution is -2.22. The van der Waals surface area contributed by atoms with E-state index >= 15 is 0 Å². The second-order valence-corrected chi connectivity index (χ2v) is 7.70. The molecule has 2 aromatic heterocycles. The number of oxazole rings is 1. The maximum atomic E-state index is 11.2. The molecule has 0 saturated heterocycles. The van der Waals surface area contributed by atoms with Crippen molar-refractivity contribution in [2.24, 2.45) is 0 Å². The van der Waals surface area contributed by atoms with E-state index in [4.69, 9.17) is 19.2 Å². The van der Waals surface area contributed by atoms with Crippen LogP contribution in [0, 0.1) is 0 Å². The van der Waals surface area contributed by atoms with E-state index in [1.807, 2.05) is 66.7 Å². The minimum absolute atomic E-state index is 0.421. The van der Waals surface area contributed by atoms with Crippen molar-refractivity contribution in [3.05, 3.63) is 91.3 Å². The molecule has 0 fully saturated rings. The van der Waals surface area contributed by atoms with Gasteiger partial charge in [0.2, 0.25) is 0 Å². The average Bonchev–Trinajstić information content (AvgIpc) is 3.53. The van der Waals surface area contributed by atoms with E-state index in [-0.39, 0.29) is 0 Å². The van der Waals surface area contributed by atoms with Crippen molar-refractivity contribution >= 4 is 5.97 Å². The number of hydrogen-bond donors (Lipinski definition) is 2. The summed E-state index contributed by atoms with van der Waals surface area (Å²) in [4.78, 5) is 23.9. The Kier molecular flexibility index (Phi) is 5.66. The van der Waals surface area contributed by atoms with Crippen molar-refractivity contribution in [3.63, 3.8) is 0 Å². The molecule has 168 valence electrons. The quantitative estimate of drug-likeness (QED) is 0.319. The van der Waals surface area contributed by atoms with Gasteiger partial charge in [0.1, 0.15) is 5.75 Å². The fourth-order valence-corrected chi connectivity index (χ4v) is 3.69. The molecule has 7 nitrogen and oxygen atoms in total. The number of aromatic amines is 1. The Morgan fingerprint density at radius 1 is 0.912 bits per heavy atom. The second-order valence-electron chi connectivity index (χ2n) is 7.70. The highest BCUT2D eigenvalue weighted by Crippen LogP contribution is 2.36. The standard InChI is InChI=1S/C27H21N3O4/c1-17(27(31)32)34-21-14-8-13-20(15-21)25-24(28-16-33-25)26-29-22(18-9-4-2-5-10-18)23(30-26)19-11-6-3-7-12-19/h2-17H,1H3,(H,29,30)(H,31,32). The van der Waals surface area contributed by atoms with Gasteiger partial charge in [-0.15, -0.1) is 0 Å². The summed E-state index contributed by atoms with van der Waals surface area (Å²) in [6.45, 7) is 1.48. The third-order valence-electron chi connectivity index (χ3n) is 5.36. The number of nitrogens with one attached hydrogen (secondary N) is 1. The molecule has 0 radical (unpaired) electrons. The minimum atomic E-state index is -1.04. The fourth-order valence-electron chi connectivity index (χ4n) is 3.69. The summed E-state index contributed by atoms with van der Waals surface area (Å²) in [7, 11) is 0. The van der Waals surface area contributed by atoms with Crippen LogP contribution in [-0.4, -0.2) is 32.1 Å². The summed E-state index contributed by atoms with van der Waals surface area (Å²) in [6.07, 6.45) is 0.390. The first kappa shape index (κ1) is 21.2. The summed E-state index contributed by atoms with van der Waals surface area (Å²) in [5.41, 5.74) is 4.91. The van der Waals surface area contributed by atoms with E-state index < -0.39 is 12.1 Å². The topological polar surface area (TPSA) is 101 Å². The molecule has 3 aromatic carbocycles. The van der Waals surface area contributed by atoms with Gasteiger partial charge in [0, 0.05) is 16.7 Å². The maximum absolute atomic E-state index is 11.2. The van der Waals surface area contributed by atoms with Crippen molar-refractivity contribution in [2.75, 3.05) is 0 Å². The second kappa shape index (κ2) is 9.07. The summed E-state index contributed by atoms with van der Waals surface area (Å²) in [5, 5.41) is 9.14. The van der Waals surface area contributed by atoms with Crippen LogP contribution in [0.15, 0.2) is 95.7 Å². The van der Waals surface area contributed by atoms with Crippen LogP contribution in [-0.2, 0) is 4.79 Å². The molecule has 0 bridgehead atoms. The molecule has 0 saturated carbocycles. The van der Waals surface area contributed by atoms with E-state index in [9.17, 15) is 4.79 Å². The first-order valence-electron chi connectivity index (χ1n) is 10.7. The molecule has 0 amide bonds. The van der Waals surface area contributed by atoms with Crippen molar-refractivity contribution in [1.29, 1.82) is 0 Å². The zero-order chi connectivity index (χ0) is 23.5. The number of carboxylic acids is 1. The van der Waals surface area contributed by atoms with E-state index in [0.717, 1.165) is 22.5 Å². The van der Waals surface area contributed by atoms with Crippen LogP contribution in [0.25, 0.3) is 45.4 Å². The van der Waals surface area contributed by atoms with Gasteiger partial charge in [0.05, 0.1) is 11.4 Å². The first-order valence-corrected chi connectivity index (χ1v) is 10.7. The molecular formula is C27H21N3O4. The maximum Gasteiger partial charge on any atom is 0.344 e. The van der Waals surface area contributed by atoms with Crippen LogP contribution in [0.5, 0.6) is 5.75 Å². The van der Waals surface area contributed by atoms with Crippen LogP contribution in [0.4, 0.5) is 0 Å². The van der Waals surface area contributed by atoms with Crippen LogP contribution in [0.3, 0.4) is 0 Å². The smallest absolute Gasteiger partial charge is 0.344 e. The highest BCUT2D eigenvalue weighted by atomic mass is 16.5. The van der Waals surface area contributed by atoms with Gasteiger partial charge in [-0.2, -0.15) is 0 Å². The van der Waals surface area contributed by atoms with Gasteiger partial charge in [0.15, 0.2) is 29.8 Å². The molecule has 0 spiro atoms. The van der Waals surface area contributed by atoms with Gasteiger partial charge in [-0.1, -0.05) is 72.8 Å². The number of rotatable bonds is 7. The zero-order valence-corrected chi connectivity index (χ0v) is 18.3. The molecule has 2 heterocycles. The van der Waals surface area contributed by atoms with Crippen LogP contribution in [0.1, 0.15) is 6.92 Å². The van der Waals surface area contributed by atoms with Gasteiger partial charge in [-0.05, 0) is 19.1 Å². The zero-order valence-electron chi connectivity index (χ0n) is 18.3. The largest absolute Gasteiger partial charge is 0.479 e. The number of nitrogens with zero attached hydrogens (tertiary/aromatic N) is 2. The number of H-pyrrole nitrogens is 1. The molecule has 34 heavy (non-hydrogen) atoms. The highest BCUT2D eigenvalue weighted by molar-refractivity contribution is 5.83. The third-order valence-corrected chi connectivity index (χ3v) is 5.36. The number of aliphatic carboxylic acids is 1. The van der Waals surface area contributed by atoms with Gasteiger partial charge < -0.3 is 19.2 Å². The number of imidazole rings is 1. The number of carbonyl (C=O) groups is 1. The molecule has 0 aliphatic rings. The van der Waals surface area contributed by atoms with Crippen molar-refractivity contribution in [3.8, 4) is 51.1 Å². The third kappa shape index (κ3) is 4.19. The van der Waals surface area contributed by atoms with E-state index in [0.29, 0.717) is 28.6 Å². The Hall–Kier alpha value is -4.65. The molecule has 5 rings (SSSR count). The van der Waals surface area contributed by atoms with Crippen molar-refractivity contribution < 1.29 is 19.1 Å². The Labute approximate surface area is 195 Å². The summed E-state index contributed by atoms with van der Waals surface area (Å²) < 4.78 is 11.2. The molecule has 1 atom stereocenters. The number of benzene rings is 3. The summed E-state index contributed by atoms with van der Waals surface area (Å²) in [6, 6.07) is 27.0. The van der Waals surface area contributed by atoms with E-state index in [2.05, 4.69) is 9.97 Å². The van der Waals surface area contributed by atoms with Crippen LogP contribution >= 0.6 is 0 Å². The lowest BCUT2D eigenvalue weighted by molar-refractivity contribution is -0.144. The SMILES string of the molecule is CC(Oc1cccc(-c2ocnc2-c2nc(-c3ccccc3)c(-c3ccccc3)[nH]2)c1)C(=O)O. The fraction of sp³-hybridized carbons (Fsp3) is 0.0741. The Bertz CT molecular complexity index is 1370. The van der Waals surface area contributed by atoms with Crippen molar-refractivity contribution in [2.45, 2.75) is 13.0 Å². The lowest BCUT2D eigenvalue weighted by Gasteiger charge is -2.11. The van der Waals surface area contributed by atoms with Crippen molar-refractivity contribution in [1.82, 2.24) is 15.0 Å². The predicted molar refractivity (Wildman–Crippen MR) is 128 cm³/mol. The average molecular weight is 451 g/mol. The van der Waals surface area contributed by atoms with Crippen LogP contribution in [0.2, 0.25) is 0 Å². The Morgan fingerprint density at radius 3 is 2.29 bits per heavy atom. The Morgan fingerprint density at radius 2 is 1.59 bits per heavy atom. The van der Waals surface area contributed by atoms with E-state index in [1.165, 1.54) is 13.3 Å². The summed E-state index contributed by atoms with van der Waals surface area (Å²) >= 11 is 0. The van der Waals surface area contributed by atoms with Gasteiger partial charge >= 0.3 is 5.97 Å². The number of carboxylic acid groups (broad SMARTS) is 1. The molecule has 0 aliphatic heterocycles. The van der Waals surface area contributed by atoms with Gasteiger partial charge in [0.25, 0.3) is 0 Å². The number of hydrogen-bond acceptors (Lipinski definition) is 5.